The first-order valence-electron chi connectivity index (χ1n) is 5.32. The molecule has 6 heteroatoms. The van der Waals surface area contributed by atoms with Gasteiger partial charge >= 0.3 is 6.18 Å². The summed E-state index contributed by atoms with van der Waals surface area (Å²) in [6.45, 7) is 1.88. The lowest BCUT2D eigenvalue weighted by molar-refractivity contribution is -0.137. The lowest BCUT2D eigenvalue weighted by Gasteiger charge is -2.10. The lowest BCUT2D eigenvalue weighted by Crippen LogP contribution is -2.05. The minimum Gasteiger partial charge on any atom is -0.254 e. The van der Waals surface area contributed by atoms with Crippen molar-refractivity contribution in [2.75, 3.05) is 0 Å². The molecule has 1 aromatic carbocycles. The maximum absolute atomic E-state index is 12.5. The van der Waals surface area contributed by atoms with Crippen LogP contribution in [0.2, 0.25) is 5.02 Å². The normalized spacial score (nSPS) is 11.7. The maximum atomic E-state index is 12.5. The van der Waals surface area contributed by atoms with Crippen LogP contribution in [0.4, 0.5) is 13.2 Å². The molecule has 0 unspecified atom stereocenters. The van der Waals surface area contributed by atoms with Crippen molar-refractivity contribution in [2.24, 2.45) is 0 Å². The van der Waals surface area contributed by atoms with Gasteiger partial charge in [-0.1, -0.05) is 23.7 Å². The Balaban J connectivity index is 2.49. The molecule has 1 aromatic heterocycles. The molecule has 1 nitrogen and oxygen atoms in total. The second-order valence-electron chi connectivity index (χ2n) is 4.05. The van der Waals surface area contributed by atoms with Gasteiger partial charge in [-0.15, -0.1) is 12.6 Å². The van der Waals surface area contributed by atoms with E-state index in [2.05, 4.69) is 17.6 Å². The van der Waals surface area contributed by atoms with Crippen molar-refractivity contribution in [1.82, 2.24) is 4.98 Å². The van der Waals surface area contributed by atoms with E-state index in [-0.39, 0.29) is 5.02 Å². The molecule has 2 aromatic rings. The zero-order chi connectivity index (χ0) is 14.2. The SMILES string of the molecule is Cc1ccc(-c2ncc(C(F)(F)F)cc2Cl)cc1S. The molecule has 0 aliphatic carbocycles. The van der Waals surface area contributed by atoms with Gasteiger partial charge in [-0.05, 0) is 24.6 Å². The number of thiol groups is 1. The number of alkyl halides is 3. The van der Waals surface area contributed by atoms with Crippen molar-refractivity contribution in [3.8, 4) is 11.3 Å². The summed E-state index contributed by atoms with van der Waals surface area (Å²) in [6.07, 6.45) is -3.67. The van der Waals surface area contributed by atoms with Crippen LogP contribution in [-0.4, -0.2) is 4.98 Å². The molecule has 0 saturated carbocycles. The molecule has 0 fully saturated rings. The van der Waals surface area contributed by atoms with Crippen LogP contribution in [0.5, 0.6) is 0 Å². The van der Waals surface area contributed by atoms with Crippen LogP contribution in [0, 0.1) is 6.92 Å². The number of hydrogen-bond donors (Lipinski definition) is 1. The van der Waals surface area contributed by atoms with Crippen molar-refractivity contribution >= 4 is 24.2 Å². The quantitative estimate of drug-likeness (QED) is 0.730. The monoisotopic (exact) mass is 303 g/mol. The van der Waals surface area contributed by atoms with Crippen LogP contribution in [0.3, 0.4) is 0 Å². The summed E-state index contributed by atoms with van der Waals surface area (Å²) in [4.78, 5) is 4.53. The molecule has 0 radical (unpaired) electrons. The largest absolute Gasteiger partial charge is 0.417 e. The molecule has 0 aliphatic heterocycles. The second kappa shape index (κ2) is 5.06. The molecule has 0 aliphatic rings. The van der Waals surface area contributed by atoms with Crippen LogP contribution in [-0.2, 0) is 6.18 Å². The Morgan fingerprint density at radius 3 is 2.42 bits per heavy atom. The molecular weight excluding hydrogens is 295 g/mol. The number of aromatic nitrogens is 1. The first-order valence-corrected chi connectivity index (χ1v) is 6.14. The van der Waals surface area contributed by atoms with Crippen molar-refractivity contribution < 1.29 is 13.2 Å². The average Bonchev–Trinajstić information content (AvgIpc) is 2.31. The Morgan fingerprint density at radius 2 is 1.89 bits per heavy atom. The summed E-state index contributed by atoms with van der Waals surface area (Å²) in [5.41, 5.74) is 1.05. The van der Waals surface area contributed by atoms with Gasteiger partial charge in [0.05, 0.1) is 16.3 Å². The Bertz CT molecular complexity index is 626. The van der Waals surface area contributed by atoms with Crippen LogP contribution in [0.1, 0.15) is 11.1 Å². The van der Waals surface area contributed by atoms with Gasteiger partial charge in [0.2, 0.25) is 0 Å². The maximum Gasteiger partial charge on any atom is 0.417 e. The van der Waals surface area contributed by atoms with Gasteiger partial charge in [-0.2, -0.15) is 13.2 Å². The zero-order valence-electron chi connectivity index (χ0n) is 9.79. The molecule has 0 saturated heterocycles. The van der Waals surface area contributed by atoms with E-state index < -0.39 is 11.7 Å². The van der Waals surface area contributed by atoms with Gasteiger partial charge in [0, 0.05) is 16.7 Å². The fraction of sp³-hybridized carbons (Fsp3) is 0.154. The summed E-state index contributed by atoms with van der Waals surface area (Å²) >= 11 is 10.1. The standard InChI is InChI=1S/C13H9ClF3NS/c1-7-2-3-8(4-11(7)19)12-10(14)5-9(6-18-12)13(15,16)17/h2-6,19H,1H3. The molecule has 19 heavy (non-hydrogen) atoms. The first-order chi connectivity index (χ1) is 8.79. The first kappa shape index (κ1) is 14.2. The predicted octanol–water partition coefficient (Wildman–Crippen LogP) is 5.02. The molecule has 2 rings (SSSR count). The highest BCUT2D eigenvalue weighted by Crippen LogP contribution is 2.34. The number of halogens is 4. The zero-order valence-corrected chi connectivity index (χ0v) is 11.4. The third-order valence-corrected chi connectivity index (χ3v) is 3.42. The van der Waals surface area contributed by atoms with Gasteiger partial charge in [0.15, 0.2) is 0 Å². The Morgan fingerprint density at radius 1 is 1.21 bits per heavy atom. The van der Waals surface area contributed by atoms with Gasteiger partial charge in [-0.3, -0.25) is 4.98 Å². The number of pyridine rings is 1. The van der Waals surface area contributed by atoms with E-state index in [0.29, 0.717) is 11.3 Å². The lowest BCUT2D eigenvalue weighted by atomic mass is 10.1. The highest BCUT2D eigenvalue weighted by atomic mass is 35.5. The summed E-state index contributed by atoms with van der Waals surface area (Å²) < 4.78 is 37.5. The van der Waals surface area contributed by atoms with Gasteiger partial charge in [0.25, 0.3) is 0 Å². The van der Waals surface area contributed by atoms with Gasteiger partial charge in [-0.25, -0.2) is 0 Å². The van der Waals surface area contributed by atoms with E-state index in [9.17, 15) is 13.2 Å². The third-order valence-electron chi connectivity index (χ3n) is 2.65. The fourth-order valence-electron chi connectivity index (χ4n) is 1.56. The van der Waals surface area contributed by atoms with E-state index in [0.717, 1.165) is 22.7 Å². The smallest absolute Gasteiger partial charge is 0.254 e. The third kappa shape index (κ3) is 3.04. The molecule has 0 N–H and O–H groups in total. The van der Waals surface area contributed by atoms with Gasteiger partial charge < -0.3 is 0 Å². The topological polar surface area (TPSA) is 12.9 Å². The van der Waals surface area contributed by atoms with Crippen molar-refractivity contribution in [1.29, 1.82) is 0 Å². The summed E-state index contributed by atoms with van der Waals surface area (Å²) in [6, 6.07) is 6.16. The highest BCUT2D eigenvalue weighted by Gasteiger charge is 2.31. The molecule has 0 bridgehead atoms. The number of nitrogens with zero attached hydrogens (tertiary/aromatic N) is 1. The van der Waals surface area contributed by atoms with Crippen molar-refractivity contribution in [3.05, 3.63) is 46.6 Å². The highest BCUT2D eigenvalue weighted by molar-refractivity contribution is 7.80. The Labute approximate surface area is 118 Å². The molecule has 0 spiro atoms. The average molecular weight is 304 g/mol. The van der Waals surface area contributed by atoms with E-state index in [1.807, 2.05) is 13.0 Å². The number of aryl methyl sites for hydroxylation is 1. The van der Waals surface area contributed by atoms with Crippen LogP contribution in [0.15, 0.2) is 35.4 Å². The van der Waals surface area contributed by atoms with Crippen LogP contribution < -0.4 is 0 Å². The van der Waals surface area contributed by atoms with E-state index >= 15 is 0 Å². The number of rotatable bonds is 1. The van der Waals surface area contributed by atoms with Crippen LogP contribution >= 0.6 is 24.2 Å². The van der Waals surface area contributed by atoms with Gasteiger partial charge in [0.1, 0.15) is 0 Å². The van der Waals surface area contributed by atoms with E-state index in [1.165, 1.54) is 0 Å². The molecular formula is C13H9ClF3NS. The molecule has 0 atom stereocenters. The fourth-order valence-corrected chi connectivity index (χ4v) is 2.05. The van der Waals surface area contributed by atoms with Crippen LogP contribution in [0.25, 0.3) is 11.3 Å². The molecule has 1 heterocycles. The Kier molecular flexibility index (Phi) is 3.78. The minimum atomic E-state index is -4.45. The molecule has 100 valence electrons. The summed E-state index contributed by atoms with van der Waals surface area (Å²) in [7, 11) is 0. The van der Waals surface area contributed by atoms with E-state index in [1.54, 1.807) is 12.1 Å². The molecule has 0 amide bonds. The second-order valence-corrected chi connectivity index (χ2v) is 4.94. The minimum absolute atomic E-state index is 0.0357. The Hall–Kier alpha value is -1.20. The number of hydrogen-bond acceptors (Lipinski definition) is 2. The predicted molar refractivity (Wildman–Crippen MR) is 71.7 cm³/mol. The van der Waals surface area contributed by atoms with Crippen molar-refractivity contribution in [3.63, 3.8) is 0 Å². The van der Waals surface area contributed by atoms with E-state index in [4.69, 9.17) is 11.6 Å². The number of benzene rings is 1. The summed E-state index contributed by atoms with van der Waals surface area (Å²) in [5.74, 6) is 0. The summed E-state index contributed by atoms with van der Waals surface area (Å²) in [5, 5.41) is -0.0357. The van der Waals surface area contributed by atoms with Crippen molar-refractivity contribution in [2.45, 2.75) is 18.0 Å².